The minimum absolute atomic E-state index is 0. The summed E-state index contributed by atoms with van der Waals surface area (Å²) in [5.74, 6) is 1.95. The van der Waals surface area contributed by atoms with E-state index < -0.39 is 0 Å². The molecule has 148 valence electrons. The van der Waals surface area contributed by atoms with E-state index in [1.54, 1.807) is 0 Å². The van der Waals surface area contributed by atoms with Gasteiger partial charge in [-0.2, -0.15) is 0 Å². The van der Waals surface area contributed by atoms with Gasteiger partial charge in [0.1, 0.15) is 0 Å². The molecular formula is C21H52O2. The second-order valence-electron chi connectivity index (χ2n) is 7.23. The Morgan fingerprint density at radius 1 is 0.739 bits per heavy atom. The SMILES string of the molecule is C.C.CC(C)CC(C)O.CCC(O)C(C)C.CCCCC(C)C. The van der Waals surface area contributed by atoms with Crippen molar-refractivity contribution in [3.63, 3.8) is 0 Å². The maximum absolute atomic E-state index is 8.94. The van der Waals surface area contributed by atoms with E-state index in [1.807, 2.05) is 27.7 Å². The van der Waals surface area contributed by atoms with Crippen molar-refractivity contribution in [2.75, 3.05) is 0 Å². The summed E-state index contributed by atoms with van der Waals surface area (Å²) in [6, 6.07) is 0. The van der Waals surface area contributed by atoms with E-state index in [2.05, 4.69) is 34.6 Å². The fraction of sp³-hybridized carbons (Fsp3) is 1.00. The summed E-state index contributed by atoms with van der Waals surface area (Å²) < 4.78 is 0. The lowest BCUT2D eigenvalue weighted by atomic mass is 10.1. The first-order valence-corrected chi connectivity index (χ1v) is 8.94. The normalized spacial score (nSPS) is 12.3. The molecule has 0 aliphatic rings. The zero-order valence-electron chi connectivity index (χ0n) is 16.3. The molecule has 0 radical (unpaired) electrons. The minimum Gasteiger partial charge on any atom is -0.393 e. The van der Waals surface area contributed by atoms with Crippen LogP contribution < -0.4 is 0 Å². The van der Waals surface area contributed by atoms with Gasteiger partial charge in [-0.3, -0.25) is 0 Å². The van der Waals surface area contributed by atoms with E-state index in [1.165, 1.54) is 19.3 Å². The third kappa shape index (κ3) is 44.9. The molecule has 0 rings (SSSR count). The standard InChI is InChI=1S/C7H16.2C6H14O.2CH4/c1-4-5-6-7(2)3;1-5(2)4-6(3)7;1-4-6(7)5(2)3;;/h7H,4-6H2,1-3H3;2*5-7H,4H2,1-3H3;2*1H4. The Bertz CT molecular complexity index is 169. The average Bonchev–Trinajstić information content (AvgIpc) is 2.34. The molecule has 0 aromatic carbocycles. The highest BCUT2D eigenvalue weighted by Crippen LogP contribution is 2.04. The highest BCUT2D eigenvalue weighted by Gasteiger charge is 2.03. The van der Waals surface area contributed by atoms with Crippen molar-refractivity contribution in [3.8, 4) is 0 Å². The van der Waals surface area contributed by atoms with Crippen LogP contribution in [-0.2, 0) is 0 Å². The molecule has 0 heterocycles. The van der Waals surface area contributed by atoms with Crippen LogP contribution in [0.15, 0.2) is 0 Å². The van der Waals surface area contributed by atoms with Crippen LogP contribution in [0.1, 0.15) is 109 Å². The first-order chi connectivity index (χ1) is 9.58. The van der Waals surface area contributed by atoms with Gasteiger partial charge in [-0.15, -0.1) is 0 Å². The highest BCUT2D eigenvalue weighted by molar-refractivity contribution is 4.54. The molecule has 0 aromatic heterocycles. The van der Waals surface area contributed by atoms with Crippen LogP contribution >= 0.6 is 0 Å². The molecule has 0 fully saturated rings. The summed E-state index contributed by atoms with van der Waals surface area (Å²) in [7, 11) is 0. The molecule has 0 saturated carbocycles. The van der Waals surface area contributed by atoms with Gasteiger partial charge in [0.05, 0.1) is 12.2 Å². The van der Waals surface area contributed by atoms with Gasteiger partial charge in [-0.25, -0.2) is 0 Å². The molecule has 23 heavy (non-hydrogen) atoms. The van der Waals surface area contributed by atoms with Gasteiger partial charge in [0, 0.05) is 0 Å². The minimum atomic E-state index is -0.125. The number of hydrogen-bond acceptors (Lipinski definition) is 2. The fourth-order valence-electron chi connectivity index (χ4n) is 1.77. The molecule has 2 atom stereocenters. The number of hydrogen-bond donors (Lipinski definition) is 2. The van der Waals surface area contributed by atoms with E-state index in [0.717, 1.165) is 18.8 Å². The molecule has 0 amide bonds. The Morgan fingerprint density at radius 2 is 1.17 bits per heavy atom. The predicted octanol–water partition coefficient (Wildman–Crippen LogP) is 6.93. The van der Waals surface area contributed by atoms with Gasteiger partial charge in [0.15, 0.2) is 0 Å². The molecule has 2 nitrogen and oxygen atoms in total. The molecule has 0 bridgehead atoms. The fourth-order valence-corrected chi connectivity index (χ4v) is 1.77. The Balaban J connectivity index is -0.0000000675. The summed E-state index contributed by atoms with van der Waals surface area (Å²) in [6.45, 7) is 18.8. The predicted molar refractivity (Wildman–Crippen MR) is 110 cm³/mol. The number of rotatable bonds is 7. The van der Waals surface area contributed by atoms with Gasteiger partial charge < -0.3 is 10.2 Å². The van der Waals surface area contributed by atoms with Crippen LogP contribution in [0.4, 0.5) is 0 Å². The number of aliphatic hydroxyl groups excluding tert-OH is 2. The van der Waals surface area contributed by atoms with Crippen molar-refractivity contribution in [1.29, 1.82) is 0 Å². The van der Waals surface area contributed by atoms with Crippen LogP contribution in [-0.4, -0.2) is 22.4 Å². The molecule has 2 heteroatoms. The maximum atomic E-state index is 8.94. The third-order valence-corrected chi connectivity index (χ3v) is 3.14. The van der Waals surface area contributed by atoms with E-state index >= 15 is 0 Å². The van der Waals surface area contributed by atoms with Gasteiger partial charge >= 0.3 is 0 Å². The first-order valence-electron chi connectivity index (χ1n) is 8.94. The van der Waals surface area contributed by atoms with Crippen LogP contribution in [0.5, 0.6) is 0 Å². The van der Waals surface area contributed by atoms with Gasteiger partial charge in [-0.1, -0.05) is 89.5 Å². The summed E-state index contributed by atoms with van der Waals surface area (Å²) >= 11 is 0. The molecule has 0 aliphatic heterocycles. The summed E-state index contributed by atoms with van der Waals surface area (Å²) in [5, 5.41) is 17.7. The molecule has 0 spiro atoms. The molecule has 2 N–H and O–H groups in total. The maximum Gasteiger partial charge on any atom is 0.0560 e. The van der Waals surface area contributed by atoms with Gasteiger partial charge in [0.2, 0.25) is 0 Å². The lowest BCUT2D eigenvalue weighted by molar-refractivity contribution is 0.121. The van der Waals surface area contributed by atoms with Crippen molar-refractivity contribution in [2.24, 2.45) is 17.8 Å². The van der Waals surface area contributed by atoms with Crippen molar-refractivity contribution in [2.45, 2.75) is 121 Å². The third-order valence-electron chi connectivity index (χ3n) is 3.14. The highest BCUT2D eigenvalue weighted by atomic mass is 16.3. The number of unbranched alkanes of at least 4 members (excludes halogenated alkanes) is 1. The van der Waals surface area contributed by atoms with Crippen molar-refractivity contribution < 1.29 is 10.2 Å². The second kappa shape index (κ2) is 24.2. The lowest BCUT2D eigenvalue weighted by Crippen LogP contribution is -2.11. The largest absolute Gasteiger partial charge is 0.393 e. The van der Waals surface area contributed by atoms with Crippen LogP contribution in [0.25, 0.3) is 0 Å². The smallest absolute Gasteiger partial charge is 0.0560 e. The number of aliphatic hydroxyl groups is 2. The quantitative estimate of drug-likeness (QED) is 0.529. The van der Waals surface area contributed by atoms with Crippen molar-refractivity contribution >= 4 is 0 Å². The van der Waals surface area contributed by atoms with E-state index in [9.17, 15) is 0 Å². The zero-order chi connectivity index (χ0) is 17.4. The molecule has 0 aromatic rings. The summed E-state index contributed by atoms with van der Waals surface area (Å²) in [5.41, 5.74) is 0. The topological polar surface area (TPSA) is 40.5 Å². The van der Waals surface area contributed by atoms with E-state index in [4.69, 9.17) is 10.2 Å². The second-order valence-corrected chi connectivity index (χ2v) is 7.23. The Hall–Kier alpha value is -0.0800. The van der Waals surface area contributed by atoms with E-state index in [-0.39, 0.29) is 27.1 Å². The van der Waals surface area contributed by atoms with Crippen LogP contribution in [0.3, 0.4) is 0 Å². The Morgan fingerprint density at radius 3 is 1.22 bits per heavy atom. The van der Waals surface area contributed by atoms with E-state index in [0.29, 0.717) is 11.8 Å². The van der Waals surface area contributed by atoms with Crippen LogP contribution in [0.2, 0.25) is 0 Å². The van der Waals surface area contributed by atoms with Crippen molar-refractivity contribution in [1.82, 2.24) is 0 Å². The lowest BCUT2D eigenvalue weighted by Gasteiger charge is -2.09. The molecule has 0 saturated heterocycles. The molecular weight excluding hydrogens is 284 g/mol. The molecule has 0 aliphatic carbocycles. The van der Waals surface area contributed by atoms with Gasteiger partial charge in [0.25, 0.3) is 0 Å². The Labute approximate surface area is 150 Å². The summed E-state index contributed by atoms with van der Waals surface area (Å²) in [4.78, 5) is 0. The zero-order valence-corrected chi connectivity index (χ0v) is 16.3. The monoisotopic (exact) mass is 336 g/mol. The van der Waals surface area contributed by atoms with Gasteiger partial charge in [-0.05, 0) is 37.5 Å². The first kappa shape index (κ1) is 34.3. The molecule has 2 unspecified atom stereocenters. The average molecular weight is 337 g/mol. The summed E-state index contributed by atoms with van der Waals surface area (Å²) in [6.07, 6.45) is 5.71. The van der Waals surface area contributed by atoms with Crippen molar-refractivity contribution in [3.05, 3.63) is 0 Å². The Kier molecular flexibility index (Phi) is 36.0. The van der Waals surface area contributed by atoms with Crippen LogP contribution in [0, 0.1) is 17.8 Å².